The summed E-state index contributed by atoms with van der Waals surface area (Å²) in [6.07, 6.45) is -4.99. The zero-order valence-electron chi connectivity index (χ0n) is 7.14. The van der Waals surface area contributed by atoms with Crippen molar-refractivity contribution in [3.63, 3.8) is 0 Å². The van der Waals surface area contributed by atoms with Crippen molar-refractivity contribution in [2.24, 2.45) is 0 Å². The zero-order chi connectivity index (χ0) is 10.2. The van der Waals surface area contributed by atoms with Crippen molar-refractivity contribution in [2.75, 3.05) is 6.61 Å². The van der Waals surface area contributed by atoms with Gasteiger partial charge in [-0.3, -0.25) is 4.79 Å². The van der Waals surface area contributed by atoms with Gasteiger partial charge in [-0.2, -0.15) is 0 Å². The van der Waals surface area contributed by atoms with E-state index >= 15 is 0 Å². The summed E-state index contributed by atoms with van der Waals surface area (Å²) in [7, 11) is 0. The molecule has 0 bridgehead atoms. The van der Waals surface area contributed by atoms with Gasteiger partial charge in [0.25, 0.3) is 0 Å². The minimum Gasteiger partial charge on any atom is -0.392 e. The molecule has 5 nitrogen and oxygen atoms in total. The number of hydrogen-bond acceptors (Lipinski definition) is 5. The molecule has 0 aromatic rings. The van der Waals surface area contributed by atoms with Crippen LogP contribution >= 0.6 is 0 Å². The van der Waals surface area contributed by atoms with Crippen LogP contribution in [0.5, 0.6) is 0 Å². The molecule has 0 spiro atoms. The molecule has 0 heterocycles. The lowest BCUT2D eigenvalue weighted by Crippen LogP contribution is -2.46. The molecule has 0 aliphatic heterocycles. The van der Waals surface area contributed by atoms with Crippen LogP contribution in [0.4, 0.5) is 0 Å². The third-order valence-electron chi connectivity index (χ3n) is 1.73. The van der Waals surface area contributed by atoms with E-state index in [1.54, 1.807) is 0 Å². The van der Waals surface area contributed by atoms with E-state index in [-0.39, 0.29) is 5.57 Å². The molecular weight excluding hydrogens is 164 g/mol. The standard InChI is InChI=1S/C7H10O5/c8-2-3-1-4(9)6(11)7(12)5(3)10/h1,5-8,10-12H,2H2/t5-,6-,7+/m1/s1/i1D. The molecule has 0 radical (unpaired) electrons. The Hall–Kier alpha value is -0.750. The van der Waals surface area contributed by atoms with Crippen molar-refractivity contribution in [2.45, 2.75) is 18.3 Å². The third kappa shape index (κ3) is 1.39. The van der Waals surface area contributed by atoms with Crippen LogP contribution < -0.4 is 0 Å². The van der Waals surface area contributed by atoms with E-state index in [1.165, 1.54) is 0 Å². The first-order chi connectivity index (χ1) is 6.00. The Bertz CT molecular complexity index is 262. The first-order valence-electron chi connectivity index (χ1n) is 3.89. The fraction of sp³-hybridized carbons (Fsp3) is 0.571. The van der Waals surface area contributed by atoms with Crippen LogP contribution in [0.1, 0.15) is 1.37 Å². The summed E-state index contributed by atoms with van der Waals surface area (Å²) < 4.78 is 7.13. The Morgan fingerprint density at radius 3 is 2.50 bits per heavy atom. The number of ketones is 1. The highest BCUT2D eigenvalue weighted by molar-refractivity contribution is 5.95. The first kappa shape index (κ1) is 7.88. The largest absolute Gasteiger partial charge is 0.392 e. The van der Waals surface area contributed by atoms with Gasteiger partial charge < -0.3 is 20.4 Å². The summed E-state index contributed by atoms with van der Waals surface area (Å²) in [5.41, 5.74) is -0.261. The molecule has 12 heavy (non-hydrogen) atoms. The second kappa shape index (κ2) is 3.32. The van der Waals surface area contributed by atoms with Crippen molar-refractivity contribution in [1.29, 1.82) is 0 Å². The van der Waals surface area contributed by atoms with Gasteiger partial charge in [0.15, 0.2) is 5.78 Å². The topological polar surface area (TPSA) is 98.0 Å². The van der Waals surface area contributed by atoms with Gasteiger partial charge in [0.2, 0.25) is 0 Å². The van der Waals surface area contributed by atoms with Gasteiger partial charge in [0.05, 0.1) is 7.98 Å². The molecule has 0 saturated heterocycles. The van der Waals surface area contributed by atoms with E-state index in [9.17, 15) is 9.90 Å². The fourth-order valence-electron chi connectivity index (χ4n) is 0.973. The van der Waals surface area contributed by atoms with Crippen molar-refractivity contribution in [3.8, 4) is 0 Å². The molecule has 1 aliphatic carbocycles. The minimum absolute atomic E-state index is 0.261. The Morgan fingerprint density at radius 2 is 2.00 bits per heavy atom. The van der Waals surface area contributed by atoms with Crippen LogP contribution in [0.15, 0.2) is 11.6 Å². The molecular formula is C7H10O5. The number of aliphatic hydroxyl groups is 4. The predicted octanol–water partition coefficient (Wildman–Crippen LogP) is -2.43. The Kier molecular flexibility index (Phi) is 2.18. The molecule has 0 saturated carbocycles. The van der Waals surface area contributed by atoms with Gasteiger partial charge in [-0.15, -0.1) is 0 Å². The summed E-state index contributed by atoms with van der Waals surface area (Å²) in [6.45, 7) is -0.685. The summed E-state index contributed by atoms with van der Waals surface area (Å²) in [6, 6.07) is -0.632. The summed E-state index contributed by atoms with van der Waals surface area (Å²) >= 11 is 0. The van der Waals surface area contributed by atoms with E-state index in [1.807, 2.05) is 0 Å². The van der Waals surface area contributed by atoms with E-state index in [4.69, 9.17) is 16.7 Å². The normalized spacial score (nSPS) is 38.5. The molecule has 0 unspecified atom stereocenters. The molecule has 3 atom stereocenters. The number of carbonyl (C=O) groups is 1. The van der Waals surface area contributed by atoms with Crippen molar-refractivity contribution < 1.29 is 26.6 Å². The molecule has 0 aromatic heterocycles. The van der Waals surface area contributed by atoms with Crippen LogP contribution in [0.2, 0.25) is 0 Å². The molecule has 4 N–H and O–H groups in total. The van der Waals surface area contributed by atoms with E-state index in [0.29, 0.717) is 0 Å². The molecule has 1 aliphatic rings. The molecule has 1 rings (SSSR count). The van der Waals surface area contributed by atoms with Gasteiger partial charge in [-0.05, 0) is 11.6 Å². The predicted molar refractivity (Wildman–Crippen MR) is 38.2 cm³/mol. The molecule has 5 heteroatoms. The number of aliphatic hydroxyl groups excluding tert-OH is 4. The number of carbonyl (C=O) groups excluding carboxylic acids is 1. The Balaban J connectivity index is 3.10. The lowest BCUT2D eigenvalue weighted by molar-refractivity contribution is -0.134. The van der Waals surface area contributed by atoms with Gasteiger partial charge in [-0.1, -0.05) is 0 Å². The van der Waals surface area contributed by atoms with Crippen LogP contribution in [0.25, 0.3) is 0 Å². The highest BCUT2D eigenvalue weighted by Gasteiger charge is 2.35. The lowest BCUT2D eigenvalue weighted by Gasteiger charge is -2.26. The highest BCUT2D eigenvalue weighted by atomic mass is 16.4. The highest BCUT2D eigenvalue weighted by Crippen LogP contribution is 2.16. The van der Waals surface area contributed by atoms with E-state index < -0.39 is 36.8 Å². The summed E-state index contributed by atoms with van der Waals surface area (Å²) in [4.78, 5) is 11.0. The molecule has 0 fully saturated rings. The SMILES string of the molecule is [2H]C1=C(CO)[C@@H](O)[C@H](O)[C@H](O)C1=O. The van der Waals surface area contributed by atoms with Crippen molar-refractivity contribution >= 4 is 5.78 Å². The minimum atomic E-state index is -1.78. The summed E-state index contributed by atoms with van der Waals surface area (Å²) in [5.74, 6) is -0.984. The maximum atomic E-state index is 11.0. The monoisotopic (exact) mass is 175 g/mol. The molecule has 0 amide bonds. The third-order valence-corrected chi connectivity index (χ3v) is 1.73. The number of rotatable bonds is 1. The van der Waals surface area contributed by atoms with Crippen LogP contribution in [0.3, 0.4) is 0 Å². The smallest absolute Gasteiger partial charge is 0.187 e. The molecule has 68 valence electrons. The Labute approximate surface area is 70.0 Å². The first-order valence-corrected chi connectivity index (χ1v) is 3.39. The maximum absolute atomic E-state index is 11.0. The second-order valence-corrected chi connectivity index (χ2v) is 2.55. The van der Waals surface area contributed by atoms with Gasteiger partial charge in [0, 0.05) is 0 Å². The van der Waals surface area contributed by atoms with Gasteiger partial charge in [-0.25, -0.2) is 0 Å². The van der Waals surface area contributed by atoms with Crippen LogP contribution in [-0.2, 0) is 4.79 Å². The van der Waals surface area contributed by atoms with E-state index in [2.05, 4.69) is 0 Å². The number of hydrogen-bond donors (Lipinski definition) is 4. The second-order valence-electron chi connectivity index (χ2n) is 2.55. The van der Waals surface area contributed by atoms with Crippen molar-refractivity contribution in [3.05, 3.63) is 11.6 Å². The molecule has 0 aromatic carbocycles. The van der Waals surface area contributed by atoms with Crippen molar-refractivity contribution in [1.82, 2.24) is 0 Å². The van der Waals surface area contributed by atoms with Crippen LogP contribution in [0, 0.1) is 0 Å². The average molecular weight is 175 g/mol. The lowest BCUT2D eigenvalue weighted by atomic mass is 9.91. The fourth-order valence-corrected chi connectivity index (χ4v) is 0.973. The van der Waals surface area contributed by atoms with Gasteiger partial charge >= 0.3 is 0 Å². The zero-order valence-corrected chi connectivity index (χ0v) is 6.14. The van der Waals surface area contributed by atoms with Crippen LogP contribution in [-0.4, -0.2) is 51.1 Å². The maximum Gasteiger partial charge on any atom is 0.187 e. The average Bonchev–Trinajstić information content (AvgIpc) is 2.13. The van der Waals surface area contributed by atoms with Gasteiger partial charge in [0.1, 0.15) is 18.3 Å². The summed E-state index contributed by atoms with van der Waals surface area (Å²) in [5, 5.41) is 36.0. The quantitative estimate of drug-likeness (QED) is 0.355. The Morgan fingerprint density at radius 1 is 1.42 bits per heavy atom. The van der Waals surface area contributed by atoms with E-state index in [0.717, 1.165) is 0 Å².